The van der Waals surface area contributed by atoms with E-state index in [1.165, 1.54) is 0 Å². The van der Waals surface area contributed by atoms with E-state index in [1.54, 1.807) is 19.1 Å². The molecule has 7 heteroatoms. The summed E-state index contributed by atoms with van der Waals surface area (Å²) in [5.74, 6) is 1.62. The van der Waals surface area contributed by atoms with Gasteiger partial charge in [0, 0.05) is 20.2 Å². The number of rotatable bonds is 9. The molecule has 1 fully saturated rings. The number of benzene rings is 1. The molecule has 1 atom stereocenters. The number of methoxy groups -OCH3 is 1. The normalized spacial score (nSPS) is 16.3. The van der Waals surface area contributed by atoms with E-state index in [0.29, 0.717) is 19.7 Å². The molecule has 1 saturated heterocycles. The van der Waals surface area contributed by atoms with E-state index in [0.717, 1.165) is 37.5 Å². The summed E-state index contributed by atoms with van der Waals surface area (Å²) in [5, 5.41) is 3.16. The van der Waals surface area contributed by atoms with Crippen LogP contribution in [0.4, 0.5) is 0 Å². The number of nitrogens with one attached hydrogen (secondary N) is 1. The second-order valence-electron chi connectivity index (χ2n) is 5.61. The van der Waals surface area contributed by atoms with Crippen molar-refractivity contribution in [1.29, 1.82) is 0 Å². The van der Waals surface area contributed by atoms with Gasteiger partial charge in [-0.05, 0) is 37.1 Å². The minimum atomic E-state index is 0. The Kier molecular flexibility index (Phi) is 9.52. The minimum Gasteiger partial charge on any atom is -0.497 e. The van der Waals surface area contributed by atoms with Crippen molar-refractivity contribution in [3.8, 4) is 11.5 Å². The summed E-state index contributed by atoms with van der Waals surface area (Å²) < 4.78 is 16.2. The predicted octanol–water partition coefficient (Wildman–Crippen LogP) is 1.72. The summed E-state index contributed by atoms with van der Waals surface area (Å²) in [7, 11) is 3.41. The molecule has 1 aromatic rings. The van der Waals surface area contributed by atoms with Gasteiger partial charge < -0.3 is 24.4 Å². The molecule has 0 aromatic heterocycles. The molecule has 1 aliphatic rings. The highest BCUT2D eigenvalue weighted by molar-refractivity contribution is 5.85. The van der Waals surface area contributed by atoms with Crippen molar-refractivity contribution in [1.82, 2.24) is 10.2 Å². The molecule has 1 N–H and O–H groups in total. The van der Waals surface area contributed by atoms with Crippen LogP contribution < -0.4 is 14.8 Å². The van der Waals surface area contributed by atoms with Gasteiger partial charge in [0.15, 0.2) is 0 Å². The van der Waals surface area contributed by atoms with Crippen LogP contribution in [0.5, 0.6) is 11.5 Å². The van der Waals surface area contributed by atoms with Crippen molar-refractivity contribution in [3.05, 3.63) is 24.3 Å². The number of halogens is 1. The monoisotopic (exact) mass is 358 g/mol. The maximum atomic E-state index is 12.0. The summed E-state index contributed by atoms with van der Waals surface area (Å²) in [4.78, 5) is 13.7. The van der Waals surface area contributed by atoms with Gasteiger partial charge in [-0.3, -0.25) is 4.79 Å². The Morgan fingerprint density at radius 2 is 2.04 bits per heavy atom. The lowest BCUT2D eigenvalue weighted by Crippen LogP contribution is -2.39. The number of hydrogen-bond donors (Lipinski definition) is 1. The van der Waals surface area contributed by atoms with Crippen molar-refractivity contribution in [2.45, 2.75) is 18.9 Å². The number of ether oxygens (including phenoxy) is 3. The number of carbonyl (C=O) groups is 1. The Bertz CT molecular complexity index is 478. The van der Waals surface area contributed by atoms with Gasteiger partial charge in [-0.1, -0.05) is 0 Å². The standard InChI is InChI=1S/C17H26N2O4.ClH/c1-19(17(20)13-18-12-16-4-3-10-22-16)9-11-23-15-7-5-14(21-2)6-8-15;/h5-8,16,18H,3-4,9-13H2,1-2H3;1H. The highest BCUT2D eigenvalue weighted by Gasteiger charge is 2.16. The first kappa shape index (κ1) is 20.5. The minimum absolute atomic E-state index is 0. The summed E-state index contributed by atoms with van der Waals surface area (Å²) in [5.41, 5.74) is 0. The zero-order chi connectivity index (χ0) is 16.5. The van der Waals surface area contributed by atoms with Gasteiger partial charge in [0.1, 0.15) is 18.1 Å². The SMILES string of the molecule is COc1ccc(OCCN(C)C(=O)CNCC2CCCO2)cc1.Cl. The van der Waals surface area contributed by atoms with E-state index in [2.05, 4.69) is 5.32 Å². The first-order valence-corrected chi connectivity index (χ1v) is 8.02. The Hall–Kier alpha value is -1.50. The summed E-state index contributed by atoms with van der Waals surface area (Å²) in [6.07, 6.45) is 2.45. The fraction of sp³-hybridized carbons (Fsp3) is 0.588. The smallest absolute Gasteiger partial charge is 0.236 e. The number of hydrogen-bond acceptors (Lipinski definition) is 5. The van der Waals surface area contributed by atoms with Crippen molar-refractivity contribution >= 4 is 18.3 Å². The second kappa shape index (κ2) is 11.1. The molecule has 1 aromatic carbocycles. The Morgan fingerprint density at radius 3 is 2.67 bits per heavy atom. The molecule has 0 spiro atoms. The van der Waals surface area contributed by atoms with Gasteiger partial charge in [-0.2, -0.15) is 0 Å². The molecule has 1 heterocycles. The molecule has 6 nitrogen and oxygen atoms in total. The zero-order valence-electron chi connectivity index (χ0n) is 14.3. The molecule has 136 valence electrons. The highest BCUT2D eigenvalue weighted by Crippen LogP contribution is 2.16. The molecule has 0 bridgehead atoms. The van der Waals surface area contributed by atoms with Crippen LogP contribution in [0.2, 0.25) is 0 Å². The van der Waals surface area contributed by atoms with E-state index in [1.807, 2.05) is 24.3 Å². The number of carbonyl (C=O) groups excluding carboxylic acids is 1. The maximum absolute atomic E-state index is 12.0. The maximum Gasteiger partial charge on any atom is 0.236 e. The van der Waals surface area contributed by atoms with Gasteiger partial charge >= 0.3 is 0 Å². The lowest BCUT2D eigenvalue weighted by Gasteiger charge is -2.18. The lowest BCUT2D eigenvalue weighted by molar-refractivity contribution is -0.129. The van der Waals surface area contributed by atoms with E-state index in [-0.39, 0.29) is 24.4 Å². The molecule has 0 saturated carbocycles. The molecule has 24 heavy (non-hydrogen) atoms. The summed E-state index contributed by atoms with van der Waals surface area (Å²) in [6.45, 7) is 2.91. The van der Waals surface area contributed by atoms with Crippen LogP contribution in [0.15, 0.2) is 24.3 Å². The summed E-state index contributed by atoms with van der Waals surface area (Å²) >= 11 is 0. The Balaban J connectivity index is 0.00000288. The molecule has 0 radical (unpaired) electrons. The van der Waals surface area contributed by atoms with Crippen LogP contribution in [0.1, 0.15) is 12.8 Å². The molecule has 1 aliphatic heterocycles. The quantitative estimate of drug-likeness (QED) is 0.728. The predicted molar refractivity (Wildman–Crippen MR) is 95.2 cm³/mol. The van der Waals surface area contributed by atoms with Crippen molar-refractivity contribution in [2.24, 2.45) is 0 Å². The van der Waals surface area contributed by atoms with E-state index in [4.69, 9.17) is 14.2 Å². The third-order valence-electron chi connectivity index (χ3n) is 3.85. The van der Waals surface area contributed by atoms with Crippen LogP contribution in [-0.2, 0) is 9.53 Å². The zero-order valence-corrected chi connectivity index (χ0v) is 15.1. The van der Waals surface area contributed by atoms with E-state index < -0.39 is 0 Å². The second-order valence-corrected chi connectivity index (χ2v) is 5.61. The van der Waals surface area contributed by atoms with E-state index in [9.17, 15) is 4.79 Å². The van der Waals surface area contributed by atoms with Crippen LogP contribution in [-0.4, -0.2) is 63.9 Å². The van der Waals surface area contributed by atoms with Gasteiger partial charge in [-0.25, -0.2) is 0 Å². The number of nitrogens with zero attached hydrogens (tertiary/aromatic N) is 1. The van der Waals surface area contributed by atoms with Crippen molar-refractivity contribution < 1.29 is 19.0 Å². The van der Waals surface area contributed by atoms with Crippen LogP contribution in [0.3, 0.4) is 0 Å². The molecule has 0 aliphatic carbocycles. The number of amides is 1. The van der Waals surface area contributed by atoms with Crippen LogP contribution in [0, 0.1) is 0 Å². The average Bonchev–Trinajstić information content (AvgIpc) is 3.08. The first-order valence-electron chi connectivity index (χ1n) is 8.02. The lowest BCUT2D eigenvalue weighted by atomic mass is 10.2. The topological polar surface area (TPSA) is 60.0 Å². The van der Waals surface area contributed by atoms with Gasteiger partial charge in [0.05, 0.1) is 26.3 Å². The largest absolute Gasteiger partial charge is 0.497 e. The van der Waals surface area contributed by atoms with Gasteiger partial charge in [0.2, 0.25) is 5.91 Å². The van der Waals surface area contributed by atoms with Crippen LogP contribution >= 0.6 is 12.4 Å². The molecular weight excluding hydrogens is 332 g/mol. The van der Waals surface area contributed by atoms with Gasteiger partial charge in [0.25, 0.3) is 0 Å². The number of likely N-dealkylation sites (N-methyl/N-ethyl adjacent to an activating group) is 1. The fourth-order valence-electron chi connectivity index (χ4n) is 2.38. The van der Waals surface area contributed by atoms with E-state index >= 15 is 0 Å². The average molecular weight is 359 g/mol. The first-order chi connectivity index (χ1) is 11.2. The van der Waals surface area contributed by atoms with Crippen molar-refractivity contribution in [3.63, 3.8) is 0 Å². The third kappa shape index (κ3) is 6.95. The molecule has 2 rings (SSSR count). The molecular formula is C17H27ClN2O4. The van der Waals surface area contributed by atoms with Crippen LogP contribution in [0.25, 0.3) is 0 Å². The third-order valence-corrected chi connectivity index (χ3v) is 3.85. The molecule has 1 unspecified atom stereocenters. The highest BCUT2D eigenvalue weighted by atomic mass is 35.5. The van der Waals surface area contributed by atoms with Gasteiger partial charge in [-0.15, -0.1) is 12.4 Å². The summed E-state index contributed by atoms with van der Waals surface area (Å²) in [6, 6.07) is 7.39. The molecule has 1 amide bonds. The fourth-order valence-corrected chi connectivity index (χ4v) is 2.38. The Labute approximate surface area is 149 Å². The van der Waals surface area contributed by atoms with Crippen molar-refractivity contribution in [2.75, 3.05) is 47.0 Å². The Morgan fingerprint density at radius 1 is 1.33 bits per heavy atom.